The monoisotopic (exact) mass is 334 g/mol. The summed E-state index contributed by atoms with van der Waals surface area (Å²) in [5, 5.41) is 3.98. The van der Waals surface area contributed by atoms with Gasteiger partial charge in [0.2, 0.25) is 0 Å². The first-order valence-corrected chi connectivity index (χ1v) is 8.96. The Morgan fingerprint density at radius 3 is 2.72 bits per heavy atom. The minimum absolute atomic E-state index is 0.359. The van der Waals surface area contributed by atoms with Crippen LogP contribution in [0.4, 0.5) is 0 Å². The zero-order valence-corrected chi connectivity index (χ0v) is 14.2. The first kappa shape index (κ1) is 16.0. The van der Waals surface area contributed by atoms with E-state index < -0.39 is 0 Å². The average Bonchev–Trinajstić information content (AvgIpc) is 3.29. The average molecular weight is 334 g/mol. The zero-order valence-electron chi connectivity index (χ0n) is 14.2. The van der Waals surface area contributed by atoms with Crippen molar-refractivity contribution in [1.82, 2.24) is 4.90 Å². The van der Waals surface area contributed by atoms with Crippen molar-refractivity contribution in [3.05, 3.63) is 71.3 Å². The fraction of sp³-hybridized carbons (Fsp3) is 0.333. The van der Waals surface area contributed by atoms with E-state index in [4.69, 9.17) is 4.84 Å². The summed E-state index contributed by atoms with van der Waals surface area (Å²) in [7, 11) is 0. The molecule has 0 aromatic heterocycles. The van der Waals surface area contributed by atoms with E-state index in [-0.39, 0.29) is 5.97 Å². The molecule has 2 heterocycles. The Kier molecular flexibility index (Phi) is 4.61. The number of nitrogens with zero attached hydrogens (tertiary/aromatic N) is 2. The molecule has 1 unspecified atom stereocenters. The van der Waals surface area contributed by atoms with Gasteiger partial charge in [-0.1, -0.05) is 53.7 Å². The van der Waals surface area contributed by atoms with Crippen LogP contribution in [0.3, 0.4) is 0 Å². The van der Waals surface area contributed by atoms with Gasteiger partial charge < -0.3 is 4.84 Å². The minimum atomic E-state index is -0.359. The molecule has 0 saturated carbocycles. The number of carbonyl (C=O) groups is 1. The Morgan fingerprint density at radius 1 is 1.20 bits per heavy atom. The quantitative estimate of drug-likeness (QED) is 0.626. The molecule has 0 spiro atoms. The van der Waals surface area contributed by atoms with Crippen LogP contribution in [0, 0.1) is 0 Å². The van der Waals surface area contributed by atoms with Gasteiger partial charge in [0.05, 0.1) is 11.3 Å². The molecular weight excluding hydrogens is 312 g/mol. The number of hydrogen-bond donors (Lipinski definition) is 0. The Labute approximate surface area is 148 Å². The molecule has 1 fully saturated rings. The van der Waals surface area contributed by atoms with Crippen LogP contribution >= 0.6 is 0 Å². The molecule has 1 saturated heterocycles. The molecule has 1 aromatic carbocycles. The Hall–Kier alpha value is -2.46. The highest BCUT2D eigenvalue weighted by molar-refractivity contribution is 6.23. The summed E-state index contributed by atoms with van der Waals surface area (Å²) in [6.07, 6.45) is 12.7. The van der Waals surface area contributed by atoms with Crippen LogP contribution in [-0.4, -0.2) is 35.7 Å². The second-order valence-corrected chi connectivity index (χ2v) is 6.75. The Balaban J connectivity index is 1.47. The van der Waals surface area contributed by atoms with Crippen LogP contribution in [0.2, 0.25) is 0 Å². The van der Waals surface area contributed by atoms with E-state index in [1.807, 2.05) is 36.4 Å². The molecular formula is C21H22N2O2. The molecule has 4 nitrogen and oxygen atoms in total. The number of likely N-dealkylation sites (tertiary alicyclic amines) is 1. The van der Waals surface area contributed by atoms with Crippen LogP contribution in [0.5, 0.6) is 0 Å². The maximum Gasteiger partial charge on any atom is 0.367 e. The van der Waals surface area contributed by atoms with Crippen LogP contribution in [0.15, 0.2) is 70.9 Å². The van der Waals surface area contributed by atoms with Gasteiger partial charge in [-0.15, -0.1) is 0 Å². The summed E-state index contributed by atoms with van der Waals surface area (Å²) < 4.78 is 0. The van der Waals surface area contributed by atoms with Crippen LogP contribution < -0.4 is 0 Å². The van der Waals surface area contributed by atoms with E-state index in [0.29, 0.717) is 23.7 Å². The number of benzene rings is 1. The molecule has 1 aliphatic carbocycles. The Morgan fingerprint density at radius 2 is 2.00 bits per heavy atom. The lowest BCUT2D eigenvalue weighted by Gasteiger charge is -2.25. The third-order valence-electron chi connectivity index (χ3n) is 5.01. The molecule has 128 valence electrons. The van der Waals surface area contributed by atoms with E-state index >= 15 is 0 Å². The van der Waals surface area contributed by atoms with Gasteiger partial charge in [-0.2, -0.15) is 0 Å². The van der Waals surface area contributed by atoms with Crippen molar-refractivity contribution in [3.8, 4) is 0 Å². The van der Waals surface area contributed by atoms with Crippen molar-refractivity contribution in [3.63, 3.8) is 0 Å². The third kappa shape index (κ3) is 3.64. The lowest BCUT2D eigenvalue weighted by Crippen LogP contribution is -2.31. The van der Waals surface area contributed by atoms with Crippen LogP contribution in [0.1, 0.15) is 24.8 Å². The largest absolute Gasteiger partial charge is 0.367 e. The van der Waals surface area contributed by atoms with Crippen LogP contribution in [-0.2, 0) is 16.1 Å². The molecule has 0 radical (unpaired) electrons. The minimum Gasteiger partial charge on any atom is -0.312 e. The molecule has 0 N–H and O–H groups in total. The fourth-order valence-electron chi connectivity index (χ4n) is 3.62. The fourth-order valence-corrected chi connectivity index (χ4v) is 3.62. The lowest BCUT2D eigenvalue weighted by molar-refractivity contribution is -0.136. The second kappa shape index (κ2) is 7.19. The van der Waals surface area contributed by atoms with Gasteiger partial charge in [0, 0.05) is 12.5 Å². The summed E-state index contributed by atoms with van der Waals surface area (Å²) in [6.45, 7) is 2.39. The molecule has 3 aliphatic rings. The van der Waals surface area contributed by atoms with Gasteiger partial charge in [-0.3, -0.25) is 4.90 Å². The van der Waals surface area contributed by atoms with Gasteiger partial charge in [-0.25, -0.2) is 4.79 Å². The molecule has 0 bridgehead atoms. The molecule has 1 aromatic rings. The van der Waals surface area contributed by atoms with E-state index in [2.05, 4.69) is 28.3 Å². The summed E-state index contributed by atoms with van der Waals surface area (Å²) in [5.41, 5.74) is 3.45. The highest BCUT2D eigenvalue weighted by atomic mass is 16.7. The summed E-state index contributed by atoms with van der Waals surface area (Å²) >= 11 is 0. The number of carbonyl (C=O) groups excluding carboxylic acids is 1. The highest BCUT2D eigenvalue weighted by Gasteiger charge is 2.26. The SMILES string of the molecule is O=C1ON=C(Cc2ccccc2)/C1=C/C1=CCC(N2CCCC2)C=C1. The maximum atomic E-state index is 12.1. The molecule has 0 amide bonds. The highest BCUT2D eigenvalue weighted by Crippen LogP contribution is 2.23. The van der Waals surface area contributed by atoms with E-state index in [9.17, 15) is 4.79 Å². The molecule has 2 aliphatic heterocycles. The molecule has 4 heteroatoms. The van der Waals surface area contributed by atoms with E-state index in [1.54, 1.807) is 0 Å². The lowest BCUT2D eigenvalue weighted by atomic mass is 9.97. The Bertz CT molecular complexity index is 768. The predicted molar refractivity (Wildman–Crippen MR) is 98.2 cm³/mol. The first-order valence-electron chi connectivity index (χ1n) is 8.96. The normalized spacial score (nSPS) is 25.2. The van der Waals surface area contributed by atoms with Crippen molar-refractivity contribution < 1.29 is 9.63 Å². The van der Waals surface area contributed by atoms with E-state index in [0.717, 1.165) is 17.6 Å². The van der Waals surface area contributed by atoms with Crippen molar-refractivity contribution in [2.45, 2.75) is 31.7 Å². The van der Waals surface area contributed by atoms with Crippen molar-refractivity contribution in [2.24, 2.45) is 5.16 Å². The molecule has 1 atom stereocenters. The van der Waals surface area contributed by atoms with Crippen molar-refractivity contribution in [2.75, 3.05) is 13.1 Å². The zero-order chi connectivity index (χ0) is 17.1. The van der Waals surface area contributed by atoms with Gasteiger partial charge >= 0.3 is 5.97 Å². The van der Waals surface area contributed by atoms with Gasteiger partial charge in [0.15, 0.2) is 0 Å². The van der Waals surface area contributed by atoms with E-state index in [1.165, 1.54) is 25.9 Å². The van der Waals surface area contributed by atoms with Crippen molar-refractivity contribution >= 4 is 11.7 Å². The maximum absolute atomic E-state index is 12.1. The first-order chi connectivity index (χ1) is 12.3. The topological polar surface area (TPSA) is 41.9 Å². The molecule has 25 heavy (non-hydrogen) atoms. The standard InChI is InChI=1S/C21H22N2O2/c24-21-19(20(22-25-21)15-16-6-2-1-3-7-16)14-17-8-10-18(11-9-17)23-12-4-5-13-23/h1-3,6-10,14,18H,4-5,11-13,15H2/b19-14-. The smallest absolute Gasteiger partial charge is 0.312 e. The van der Waals surface area contributed by atoms with Gasteiger partial charge in [-0.05, 0) is 49.6 Å². The number of oxime groups is 1. The summed E-state index contributed by atoms with van der Waals surface area (Å²) in [6, 6.07) is 10.5. The predicted octanol–water partition coefficient (Wildman–Crippen LogP) is 3.42. The number of rotatable bonds is 4. The van der Waals surface area contributed by atoms with Crippen molar-refractivity contribution in [1.29, 1.82) is 0 Å². The van der Waals surface area contributed by atoms with Gasteiger partial charge in [0.25, 0.3) is 0 Å². The second-order valence-electron chi connectivity index (χ2n) is 6.75. The number of allylic oxidation sites excluding steroid dienone is 3. The third-order valence-corrected chi connectivity index (χ3v) is 5.01. The summed E-state index contributed by atoms with van der Waals surface area (Å²) in [4.78, 5) is 19.5. The number of hydrogen-bond acceptors (Lipinski definition) is 4. The molecule has 4 rings (SSSR count). The van der Waals surface area contributed by atoms with Crippen LogP contribution in [0.25, 0.3) is 0 Å². The van der Waals surface area contributed by atoms with Gasteiger partial charge in [0.1, 0.15) is 0 Å². The summed E-state index contributed by atoms with van der Waals surface area (Å²) in [5.74, 6) is -0.359.